The number of hydrogen-bond donors (Lipinski definition) is 2. The Kier molecular flexibility index (Phi) is 7.06. The minimum absolute atomic E-state index is 0.273. The van der Waals surface area contributed by atoms with Gasteiger partial charge in [0.1, 0.15) is 0 Å². The summed E-state index contributed by atoms with van der Waals surface area (Å²) in [5.74, 6) is 0. The van der Waals surface area contributed by atoms with Gasteiger partial charge in [0.25, 0.3) is 0 Å². The Morgan fingerprint density at radius 3 is 2.60 bits per heavy atom. The minimum Gasteiger partial charge on any atom is -0.376 e. The molecule has 2 fully saturated rings. The zero-order chi connectivity index (χ0) is 17.3. The van der Waals surface area contributed by atoms with Crippen LogP contribution >= 0.6 is 12.2 Å². The van der Waals surface area contributed by atoms with Gasteiger partial charge in [0.15, 0.2) is 5.11 Å². The van der Waals surface area contributed by atoms with Crippen molar-refractivity contribution in [2.75, 3.05) is 31.1 Å². The molecule has 0 unspecified atom stereocenters. The zero-order valence-corrected chi connectivity index (χ0v) is 15.6. The van der Waals surface area contributed by atoms with E-state index < -0.39 is 0 Å². The summed E-state index contributed by atoms with van der Waals surface area (Å²) in [4.78, 5) is 2.48. The van der Waals surface area contributed by atoms with Gasteiger partial charge in [0.05, 0.1) is 12.3 Å². The van der Waals surface area contributed by atoms with E-state index >= 15 is 0 Å². The second-order valence-electron chi connectivity index (χ2n) is 6.71. The van der Waals surface area contributed by atoms with Crippen molar-refractivity contribution in [1.29, 1.82) is 0 Å². The highest BCUT2D eigenvalue weighted by Gasteiger charge is 2.15. The number of thiocarbonyl (C=S) groups is 1. The molecule has 0 radical (unpaired) electrons. The number of anilines is 1. The number of rotatable bonds is 5. The van der Waals surface area contributed by atoms with E-state index in [4.69, 9.17) is 17.0 Å². The Balaban J connectivity index is 1.42. The van der Waals surface area contributed by atoms with E-state index in [-0.39, 0.29) is 6.10 Å². The number of hydrogen-bond acceptors (Lipinski definition) is 4. The average Bonchev–Trinajstić information content (AvgIpc) is 3.01. The van der Waals surface area contributed by atoms with Gasteiger partial charge in [-0.2, -0.15) is 5.10 Å². The molecule has 1 aromatic rings. The lowest BCUT2D eigenvalue weighted by Gasteiger charge is -2.22. The van der Waals surface area contributed by atoms with Crippen LogP contribution in [0.1, 0.15) is 44.1 Å². The van der Waals surface area contributed by atoms with Crippen LogP contribution in [-0.2, 0) is 4.74 Å². The molecule has 3 rings (SSSR count). The van der Waals surface area contributed by atoms with Crippen LogP contribution in [0.15, 0.2) is 29.4 Å². The number of ether oxygens (including phenoxy) is 1. The lowest BCUT2D eigenvalue weighted by molar-refractivity contribution is 0.114. The molecule has 2 N–H and O–H groups in total. The predicted molar refractivity (Wildman–Crippen MR) is 107 cm³/mol. The molecule has 0 bridgehead atoms. The summed E-state index contributed by atoms with van der Waals surface area (Å²) >= 11 is 5.22. The summed E-state index contributed by atoms with van der Waals surface area (Å²) in [7, 11) is 0. The van der Waals surface area contributed by atoms with Crippen molar-refractivity contribution in [2.24, 2.45) is 5.10 Å². The molecule has 5 nitrogen and oxygen atoms in total. The van der Waals surface area contributed by atoms with Gasteiger partial charge >= 0.3 is 0 Å². The van der Waals surface area contributed by atoms with Crippen LogP contribution in [0.4, 0.5) is 5.69 Å². The topological polar surface area (TPSA) is 48.9 Å². The first-order valence-corrected chi connectivity index (χ1v) is 9.75. The molecule has 0 saturated carbocycles. The fourth-order valence-electron chi connectivity index (χ4n) is 3.32. The quantitative estimate of drug-likeness (QED) is 0.480. The molecule has 1 aromatic carbocycles. The van der Waals surface area contributed by atoms with E-state index in [0.29, 0.717) is 5.11 Å². The van der Waals surface area contributed by atoms with Crippen LogP contribution in [0.2, 0.25) is 0 Å². The maximum absolute atomic E-state index is 5.55. The molecule has 2 aliphatic rings. The van der Waals surface area contributed by atoms with Gasteiger partial charge in [-0.3, -0.25) is 5.43 Å². The Hall–Kier alpha value is -1.66. The SMILES string of the molecule is S=C(NC[C@@H]1CCCO1)N/N=C\c1ccc(N2CCCCCC2)cc1. The molecule has 2 heterocycles. The second kappa shape index (κ2) is 9.73. The molecule has 2 saturated heterocycles. The monoisotopic (exact) mass is 360 g/mol. The smallest absolute Gasteiger partial charge is 0.187 e. The van der Waals surface area contributed by atoms with Crippen LogP contribution in [0.25, 0.3) is 0 Å². The molecule has 2 aliphatic heterocycles. The third-order valence-corrected chi connectivity index (χ3v) is 4.99. The summed E-state index contributed by atoms with van der Waals surface area (Å²) in [6, 6.07) is 8.57. The van der Waals surface area contributed by atoms with E-state index in [0.717, 1.165) is 31.6 Å². The van der Waals surface area contributed by atoms with Crippen LogP contribution in [0.5, 0.6) is 0 Å². The lowest BCUT2D eigenvalue weighted by Crippen LogP contribution is -2.37. The summed E-state index contributed by atoms with van der Waals surface area (Å²) < 4.78 is 5.55. The van der Waals surface area contributed by atoms with Gasteiger partial charge in [-0.1, -0.05) is 25.0 Å². The van der Waals surface area contributed by atoms with Crippen molar-refractivity contribution < 1.29 is 4.74 Å². The van der Waals surface area contributed by atoms with Crippen molar-refractivity contribution in [3.05, 3.63) is 29.8 Å². The standard InChI is InChI=1S/C19H28N4OS/c25-19(20-15-18-6-5-13-24-18)22-21-14-16-7-9-17(10-8-16)23-11-3-1-2-4-12-23/h7-10,14,18H,1-6,11-13,15H2,(H2,20,22,25)/b21-14-/t18-/m0/s1. The number of nitrogens with zero attached hydrogens (tertiary/aromatic N) is 2. The normalized spacial score (nSPS) is 21.3. The zero-order valence-electron chi connectivity index (χ0n) is 14.7. The fourth-order valence-corrected chi connectivity index (χ4v) is 3.45. The van der Waals surface area contributed by atoms with Gasteiger partial charge in [0.2, 0.25) is 0 Å². The number of hydrazone groups is 1. The maximum Gasteiger partial charge on any atom is 0.187 e. The summed E-state index contributed by atoms with van der Waals surface area (Å²) in [6.45, 7) is 3.93. The van der Waals surface area contributed by atoms with E-state index in [1.165, 1.54) is 44.5 Å². The molecular weight excluding hydrogens is 332 g/mol. The van der Waals surface area contributed by atoms with Gasteiger partial charge in [0, 0.05) is 31.9 Å². The van der Waals surface area contributed by atoms with E-state index in [1.54, 1.807) is 6.21 Å². The highest BCUT2D eigenvalue weighted by Crippen LogP contribution is 2.19. The third-order valence-electron chi connectivity index (χ3n) is 4.76. The number of nitrogens with one attached hydrogen (secondary N) is 2. The minimum atomic E-state index is 0.273. The van der Waals surface area contributed by atoms with Gasteiger partial charge in [-0.25, -0.2) is 0 Å². The molecule has 136 valence electrons. The Bertz CT molecular complexity index is 561. The molecule has 1 atom stereocenters. The van der Waals surface area contributed by atoms with Crippen molar-refractivity contribution in [3.8, 4) is 0 Å². The number of benzene rings is 1. The van der Waals surface area contributed by atoms with Crippen molar-refractivity contribution >= 4 is 29.2 Å². The fraction of sp³-hybridized carbons (Fsp3) is 0.579. The highest BCUT2D eigenvalue weighted by molar-refractivity contribution is 7.80. The Labute approximate surface area is 155 Å². The van der Waals surface area contributed by atoms with Crippen LogP contribution in [0, 0.1) is 0 Å². The predicted octanol–water partition coefficient (Wildman–Crippen LogP) is 3.04. The molecule has 0 spiro atoms. The Morgan fingerprint density at radius 1 is 1.16 bits per heavy atom. The summed E-state index contributed by atoms with van der Waals surface area (Å²) in [5.41, 5.74) is 5.23. The van der Waals surface area contributed by atoms with E-state index in [9.17, 15) is 0 Å². The molecule has 25 heavy (non-hydrogen) atoms. The maximum atomic E-state index is 5.55. The van der Waals surface area contributed by atoms with Crippen molar-refractivity contribution in [1.82, 2.24) is 10.7 Å². The molecule has 0 aliphatic carbocycles. The molecule has 0 amide bonds. The lowest BCUT2D eigenvalue weighted by atomic mass is 10.2. The van der Waals surface area contributed by atoms with Crippen LogP contribution in [0.3, 0.4) is 0 Å². The third kappa shape index (κ3) is 5.97. The van der Waals surface area contributed by atoms with Crippen LogP contribution in [-0.4, -0.2) is 43.7 Å². The largest absolute Gasteiger partial charge is 0.376 e. The van der Waals surface area contributed by atoms with E-state index in [1.807, 2.05) is 0 Å². The van der Waals surface area contributed by atoms with E-state index in [2.05, 4.69) is 45.0 Å². The molecule has 0 aromatic heterocycles. The summed E-state index contributed by atoms with van der Waals surface area (Å²) in [6.07, 6.45) is 9.61. The molecular formula is C19H28N4OS. The summed E-state index contributed by atoms with van der Waals surface area (Å²) in [5, 5.41) is 7.89. The van der Waals surface area contributed by atoms with Crippen molar-refractivity contribution in [2.45, 2.75) is 44.6 Å². The Morgan fingerprint density at radius 2 is 1.92 bits per heavy atom. The van der Waals surface area contributed by atoms with Gasteiger partial charge in [-0.05, 0) is 55.6 Å². The second-order valence-corrected chi connectivity index (χ2v) is 7.12. The first-order chi connectivity index (χ1) is 12.3. The van der Waals surface area contributed by atoms with Gasteiger partial charge < -0.3 is 15.0 Å². The van der Waals surface area contributed by atoms with Crippen LogP contribution < -0.4 is 15.6 Å². The van der Waals surface area contributed by atoms with Crippen molar-refractivity contribution in [3.63, 3.8) is 0 Å². The average molecular weight is 361 g/mol. The first kappa shape index (κ1) is 18.1. The molecule has 6 heteroatoms. The first-order valence-electron chi connectivity index (χ1n) is 9.35. The highest BCUT2D eigenvalue weighted by atomic mass is 32.1. The van der Waals surface area contributed by atoms with Gasteiger partial charge in [-0.15, -0.1) is 0 Å².